The van der Waals surface area contributed by atoms with Gasteiger partial charge in [0.2, 0.25) is 11.8 Å². The highest BCUT2D eigenvalue weighted by Crippen LogP contribution is 2.31. The molecule has 0 spiro atoms. The van der Waals surface area contributed by atoms with Crippen LogP contribution in [0, 0.1) is 23.0 Å². The third-order valence-electron chi connectivity index (χ3n) is 4.56. The molecular formula is C22H20F3N5O5. The highest BCUT2D eigenvalue weighted by molar-refractivity contribution is 6.08. The van der Waals surface area contributed by atoms with Gasteiger partial charge in [0.15, 0.2) is 5.75 Å². The van der Waals surface area contributed by atoms with Crippen LogP contribution >= 0.6 is 0 Å². The molecule has 1 aliphatic heterocycles. The van der Waals surface area contributed by atoms with E-state index in [1.165, 1.54) is 18.2 Å². The maximum absolute atomic E-state index is 12.8. The number of ether oxygens (including phenoxy) is 3. The molecule has 1 saturated heterocycles. The molecule has 1 fully saturated rings. The SMILES string of the molecule is N=C(NC(=O)c1ccc(OC(F)(F)F)c(NC(=O)CN2CCOCC2)c1)OC(=N)c1cc#ccc1. The van der Waals surface area contributed by atoms with Gasteiger partial charge in [-0.3, -0.25) is 30.6 Å². The van der Waals surface area contributed by atoms with Gasteiger partial charge in [-0.1, -0.05) is 12.1 Å². The van der Waals surface area contributed by atoms with Gasteiger partial charge in [0.05, 0.1) is 25.4 Å². The van der Waals surface area contributed by atoms with Crippen LogP contribution in [0.1, 0.15) is 15.9 Å². The Morgan fingerprint density at radius 3 is 2.51 bits per heavy atom. The molecule has 4 N–H and O–H groups in total. The molecule has 13 heteroatoms. The van der Waals surface area contributed by atoms with E-state index in [1.54, 1.807) is 4.90 Å². The van der Waals surface area contributed by atoms with Gasteiger partial charge in [-0.05, 0) is 30.3 Å². The second-order valence-electron chi connectivity index (χ2n) is 7.13. The second-order valence-corrected chi connectivity index (χ2v) is 7.13. The first-order valence-corrected chi connectivity index (χ1v) is 10.1. The first-order chi connectivity index (χ1) is 16.6. The molecule has 2 aromatic carbocycles. The predicted octanol–water partition coefficient (Wildman–Crippen LogP) is 2.16. The van der Waals surface area contributed by atoms with Crippen molar-refractivity contribution in [2.45, 2.75) is 6.36 Å². The second kappa shape index (κ2) is 11.3. The van der Waals surface area contributed by atoms with Crippen molar-refractivity contribution in [3.05, 3.63) is 59.7 Å². The number of nitrogens with one attached hydrogen (secondary N) is 4. The van der Waals surface area contributed by atoms with E-state index in [0.29, 0.717) is 26.3 Å². The molecule has 10 nitrogen and oxygen atoms in total. The summed E-state index contributed by atoms with van der Waals surface area (Å²) in [6, 6.07) is 11.7. The van der Waals surface area contributed by atoms with Gasteiger partial charge in [-0.25, -0.2) is 0 Å². The van der Waals surface area contributed by atoms with Crippen molar-refractivity contribution >= 4 is 29.4 Å². The smallest absolute Gasteiger partial charge is 0.407 e. The molecule has 184 valence electrons. The Bertz CT molecular complexity index is 1090. The first kappa shape index (κ1) is 25.5. The van der Waals surface area contributed by atoms with Crippen LogP contribution in [0.2, 0.25) is 0 Å². The maximum atomic E-state index is 12.8. The number of anilines is 1. The van der Waals surface area contributed by atoms with E-state index < -0.39 is 35.8 Å². The molecule has 2 amide bonds. The van der Waals surface area contributed by atoms with E-state index in [2.05, 4.69) is 27.5 Å². The molecule has 0 atom stereocenters. The van der Waals surface area contributed by atoms with Gasteiger partial charge in [-0.15, -0.1) is 13.2 Å². The third-order valence-corrected chi connectivity index (χ3v) is 4.56. The van der Waals surface area contributed by atoms with Crippen LogP contribution in [-0.2, 0) is 14.3 Å². The molecule has 0 aliphatic carbocycles. The highest BCUT2D eigenvalue weighted by Gasteiger charge is 2.32. The number of nitrogens with zero attached hydrogens (tertiary/aromatic N) is 1. The molecule has 35 heavy (non-hydrogen) atoms. The van der Waals surface area contributed by atoms with Gasteiger partial charge >= 0.3 is 6.36 Å². The summed E-state index contributed by atoms with van der Waals surface area (Å²) in [5, 5.41) is 20.0. The quantitative estimate of drug-likeness (QED) is 0.361. The van der Waals surface area contributed by atoms with Crippen LogP contribution in [0.25, 0.3) is 0 Å². The van der Waals surface area contributed by atoms with Crippen molar-refractivity contribution in [1.82, 2.24) is 10.2 Å². The van der Waals surface area contributed by atoms with Crippen LogP contribution in [0.15, 0.2) is 36.4 Å². The topological polar surface area (TPSA) is 137 Å². The minimum atomic E-state index is -5.03. The normalized spacial score (nSPS) is 13.8. The van der Waals surface area contributed by atoms with Crippen LogP contribution in [0.5, 0.6) is 5.75 Å². The van der Waals surface area contributed by atoms with Crippen LogP contribution in [-0.4, -0.2) is 67.8 Å². The summed E-state index contributed by atoms with van der Waals surface area (Å²) in [7, 11) is 0. The fourth-order valence-electron chi connectivity index (χ4n) is 2.98. The summed E-state index contributed by atoms with van der Waals surface area (Å²) in [4.78, 5) is 26.7. The van der Waals surface area contributed by atoms with Crippen molar-refractivity contribution in [3.63, 3.8) is 0 Å². The van der Waals surface area contributed by atoms with E-state index >= 15 is 0 Å². The van der Waals surface area contributed by atoms with E-state index in [1.807, 2.05) is 0 Å². The number of benzene rings is 1. The minimum Gasteiger partial charge on any atom is -0.407 e. The number of hydrogen-bond donors (Lipinski definition) is 4. The molecule has 0 unspecified atom stereocenters. The van der Waals surface area contributed by atoms with Gasteiger partial charge < -0.3 is 19.5 Å². The van der Waals surface area contributed by atoms with E-state index in [9.17, 15) is 22.8 Å². The zero-order chi connectivity index (χ0) is 25.4. The maximum Gasteiger partial charge on any atom is 0.573 e. The standard InChI is InChI=1S/C22H20F3N5O5/c23-22(24,25)35-17-7-6-15(12-16(17)28-18(31)13-30-8-10-33-11-9-30)20(32)29-21(27)34-19(26)14-4-2-1-3-5-14/h2,4-7,12,26H,8-11,13H2,(H,28,31)(H2,27,29,32). The summed E-state index contributed by atoms with van der Waals surface area (Å²) in [6.45, 7) is 1.73. The molecule has 0 saturated carbocycles. The Hall–Kier alpha value is -4.15. The summed E-state index contributed by atoms with van der Waals surface area (Å²) >= 11 is 0. The van der Waals surface area contributed by atoms with Gasteiger partial charge in [-0.2, -0.15) is 0 Å². The van der Waals surface area contributed by atoms with Gasteiger partial charge in [0.1, 0.15) is 0 Å². The van der Waals surface area contributed by atoms with E-state index in [4.69, 9.17) is 20.3 Å². The third kappa shape index (κ3) is 7.98. The molecule has 0 aromatic heterocycles. The molecule has 2 aromatic rings. The summed E-state index contributed by atoms with van der Waals surface area (Å²) < 4.78 is 52.5. The van der Waals surface area contributed by atoms with Crippen molar-refractivity contribution < 1.29 is 37.0 Å². The Balaban J connectivity index is 1.70. The average molecular weight is 491 g/mol. The molecule has 3 rings (SSSR count). The van der Waals surface area contributed by atoms with E-state index in [-0.39, 0.29) is 23.4 Å². The van der Waals surface area contributed by atoms with Crippen molar-refractivity contribution in [2.75, 3.05) is 38.2 Å². The number of carbonyl (C=O) groups excluding carboxylic acids is 2. The van der Waals surface area contributed by atoms with Crippen LogP contribution in [0.4, 0.5) is 18.9 Å². The minimum absolute atomic E-state index is 0.0967. The van der Waals surface area contributed by atoms with Crippen molar-refractivity contribution in [1.29, 1.82) is 10.8 Å². The summed E-state index contributed by atoms with van der Waals surface area (Å²) in [6.07, 6.45) is -5.03. The monoisotopic (exact) mass is 491 g/mol. The fraction of sp³-hybridized carbons (Fsp3) is 0.273. The van der Waals surface area contributed by atoms with Crippen LogP contribution < -0.4 is 15.4 Å². The molecule has 0 radical (unpaired) electrons. The number of carbonyl (C=O) groups is 2. The number of halogens is 3. The number of amidine groups is 1. The number of morpholine rings is 1. The Labute approximate surface area is 198 Å². The van der Waals surface area contributed by atoms with Gasteiger partial charge in [0, 0.05) is 30.3 Å². The molecule has 0 bridgehead atoms. The lowest BCUT2D eigenvalue weighted by Crippen LogP contribution is -2.41. The zero-order valence-corrected chi connectivity index (χ0v) is 18.1. The first-order valence-electron chi connectivity index (χ1n) is 10.1. The lowest BCUT2D eigenvalue weighted by molar-refractivity contribution is -0.274. The Morgan fingerprint density at radius 2 is 1.86 bits per heavy atom. The van der Waals surface area contributed by atoms with Gasteiger partial charge in [0.25, 0.3) is 11.9 Å². The Kier molecular flexibility index (Phi) is 8.24. The average Bonchev–Trinajstić information content (AvgIpc) is 2.80. The fourth-order valence-corrected chi connectivity index (χ4v) is 2.98. The lowest BCUT2D eigenvalue weighted by atomic mass is 10.1. The number of rotatable bonds is 6. The summed E-state index contributed by atoms with van der Waals surface area (Å²) in [5.74, 6) is -2.68. The Morgan fingerprint density at radius 1 is 1.11 bits per heavy atom. The molecular weight excluding hydrogens is 471 g/mol. The van der Waals surface area contributed by atoms with Crippen LogP contribution in [0.3, 0.4) is 0 Å². The molecule has 1 aliphatic rings. The predicted molar refractivity (Wildman–Crippen MR) is 116 cm³/mol. The van der Waals surface area contributed by atoms with Crippen molar-refractivity contribution in [3.8, 4) is 5.75 Å². The zero-order valence-electron chi connectivity index (χ0n) is 18.1. The highest BCUT2D eigenvalue weighted by atomic mass is 19.4. The summed E-state index contributed by atoms with van der Waals surface area (Å²) in [5.41, 5.74) is -0.296. The number of hydrogen-bond acceptors (Lipinski definition) is 8. The number of alkyl halides is 3. The number of amides is 2. The van der Waals surface area contributed by atoms with Crippen molar-refractivity contribution in [2.24, 2.45) is 0 Å². The largest absolute Gasteiger partial charge is 0.573 e. The van der Waals surface area contributed by atoms with E-state index in [0.717, 1.165) is 18.2 Å². The molecule has 1 heterocycles. The lowest BCUT2D eigenvalue weighted by Gasteiger charge is -2.26.